The van der Waals surface area contributed by atoms with Crippen molar-refractivity contribution in [3.8, 4) is 0 Å². The first kappa shape index (κ1) is 15.0. The molecule has 1 heterocycles. The van der Waals surface area contributed by atoms with Crippen LogP contribution in [0.3, 0.4) is 0 Å². The smallest absolute Gasteiger partial charge is 0.0627 e. The van der Waals surface area contributed by atoms with Crippen LogP contribution in [0.25, 0.3) is 0 Å². The van der Waals surface area contributed by atoms with Crippen LogP contribution in [-0.2, 0) is 0 Å². The van der Waals surface area contributed by atoms with Gasteiger partial charge < -0.3 is 4.90 Å². The van der Waals surface area contributed by atoms with Crippen molar-refractivity contribution in [3.63, 3.8) is 0 Å². The first-order valence-corrected chi connectivity index (χ1v) is 8.14. The van der Waals surface area contributed by atoms with Crippen LogP contribution in [0.2, 0.25) is 0 Å². The summed E-state index contributed by atoms with van der Waals surface area (Å²) in [6, 6.07) is 9.74. The minimum Gasteiger partial charge on any atom is -0.303 e. The highest BCUT2D eigenvalue weighted by Gasteiger charge is 2.30. The van der Waals surface area contributed by atoms with Gasteiger partial charge in [-0.1, -0.05) is 30.7 Å². The van der Waals surface area contributed by atoms with Gasteiger partial charge in [-0.3, -0.25) is 16.2 Å². The van der Waals surface area contributed by atoms with Crippen molar-refractivity contribution >= 4 is 0 Å². The summed E-state index contributed by atoms with van der Waals surface area (Å²) < 4.78 is 0. The monoisotopic (exact) mass is 288 g/mol. The average molecular weight is 288 g/mol. The molecule has 1 saturated carbocycles. The third-order valence-corrected chi connectivity index (χ3v) is 5.34. The molecule has 0 aromatic heterocycles. The predicted octanol–water partition coefficient (Wildman–Crippen LogP) is 1.70. The zero-order chi connectivity index (χ0) is 14.8. The maximum Gasteiger partial charge on any atom is 0.0627 e. The molecule has 0 amide bonds. The van der Waals surface area contributed by atoms with Gasteiger partial charge in [0.2, 0.25) is 0 Å². The van der Waals surface area contributed by atoms with Crippen molar-refractivity contribution in [3.05, 3.63) is 35.4 Å². The highest BCUT2D eigenvalue weighted by atomic mass is 15.3. The third-order valence-electron chi connectivity index (χ3n) is 5.34. The van der Waals surface area contributed by atoms with Gasteiger partial charge in [0.25, 0.3) is 0 Å². The van der Waals surface area contributed by atoms with Crippen molar-refractivity contribution in [2.24, 2.45) is 5.84 Å². The highest BCUT2D eigenvalue weighted by Crippen LogP contribution is 2.36. The minimum atomic E-state index is 0.188. The van der Waals surface area contributed by atoms with Crippen LogP contribution >= 0.6 is 0 Å². The lowest BCUT2D eigenvalue weighted by atomic mass is 9.79. The summed E-state index contributed by atoms with van der Waals surface area (Å²) in [6.45, 7) is 3.28. The Hall–Kier alpha value is -0.940. The number of hydrazine groups is 1. The molecule has 4 heteroatoms. The maximum atomic E-state index is 5.88. The number of piperazine rings is 1. The van der Waals surface area contributed by atoms with Crippen LogP contribution < -0.4 is 11.3 Å². The lowest BCUT2D eigenvalue weighted by Crippen LogP contribution is -2.56. The van der Waals surface area contributed by atoms with Crippen molar-refractivity contribution in [2.45, 2.75) is 37.3 Å². The van der Waals surface area contributed by atoms with E-state index < -0.39 is 0 Å². The Labute approximate surface area is 128 Å². The van der Waals surface area contributed by atoms with Crippen LogP contribution in [0, 0.1) is 0 Å². The van der Waals surface area contributed by atoms with Gasteiger partial charge in [0.1, 0.15) is 0 Å². The fourth-order valence-corrected chi connectivity index (χ4v) is 3.55. The minimum absolute atomic E-state index is 0.188. The average Bonchev–Trinajstić information content (AvgIpc) is 2.43. The number of nitrogens with one attached hydrogen (secondary N) is 1. The first-order chi connectivity index (χ1) is 10.2. The van der Waals surface area contributed by atoms with E-state index in [1.165, 1.54) is 30.4 Å². The molecule has 1 aliphatic heterocycles. The van der Waals surface area contributed by atoms with Crippen LogP contribution in [0.5, 0.6) is 0 Å². The van der Waals surface area contributed by atoms with Gasteiger partial charge in [0, 0.05) is 25.7 Å². The molecule has 3 rings (SSSR count). The Morgan fingerprint density at radius 2 is 1.86 bits per heavy atom. The number of likely N-dealkylation sites (N-methyl/N-ethyl adjacent to an activating group) is 2. The van der Waals surface area contributed by atoms with Gasteiger partial charge >= 0.3 is 0 Å². The summed E-state index contributed by atoms with van der Waals surface area (Å²) in [6.07, 6.45) is 4.10. The van der Waals surface area contributed by atoms with E-state index in [0.717, 1.165) is 25.6 Å². The van der Waals surface area contributed by atoms with Gasteiger partial charge in [-0.15, -0.1) is 0 Å². The topological polar surface area (TPSA) is 44.5 Å². The molecule has 2 fully saturated rings. The van der Waals surface area contributed by atoms with E-state index in [0.29, 0.717) is 6.04 Å². The summed E-state index contributed by atoms with van der Waals surface area (Å²) in [5, 5.41) is 0. The van der Waals surface area contributed by atoms with Gasteiger partial charge in [-0.25, -0.2) is 0 Å². The van der Waals surface area contributed by atoms with E-state index in [1.54, 1.807) is 0 Å². The molecule has 0 bridgehead atoms. The molecular weight excluding hydrogens is 260 g/mol. The van der Waals surface area contributed by atoms with Gasteiger partial charge in [0.15, 0.2) is 0 Å². The standard InChI is InChI=1S/C17H28N4/c1-20-10-11-21(2)16(12-20)17(19-18)15-8-6-14(7-9-15)13-4-3-5-13/h6-9,13,16-17,19H,3-5,10-12,18H2,1-2H3. The molecule has 116 valence electrons. The summed E-state index contributed by atoms with van der Waals surface area (Å²) >= 11 is 0. The molecule has 4 nitrogen and oxygen atoms in total. The normalized spacial score (nSPS) is 26.5. The lowest BCUT2D eigenvalue weighted by Gasteiger charge is -2.41. The van der Waals surface area contributed by atoms with Gasteiger partial charge in [-0.2, -0.15) is 0 Å². The molecule has 1 aliphatic carbocycles. The number of rotatable bonds is 4. The summed E-state index contributed by atoms with van der Waals surface area (Å²) in [5.74, 6) is 6.68. The van der Waals surface area contributed by atoms with Crippen molar-refractivity contribution in [1.82, 2.24) is 15.2 Å². The Morgan fingerprint density at radius 3 is 2.43 bits per heavy atom. The Balaban J connectivity index is 1.75. The molecule has 0 spiro atoms. The van der Waals surface area contributed by atoms with Crippen molar-refractivity contribution in [1.29, 1.82) is 0 Å². The number of nitrogens with zero attached hydrogens (tertiary/aromatic N) is 2. The number of benzene rings is 1. The predicted molar refractivity (Wildman–Crippen MR) is 87.0 cm³/mol. The lowest BCUT2D eigenvalue weighted by molar-refractivity contribution is 0.0876. The van der Waals surface area contributed by atoms with Crippen LogP contribution in [0.15, 0.2) is 24.3 Å². The van der Waals surface area contributed by atoms with Crippen LogP contribution in [0.1, 0.15) is 42.3 Å². The van der Waals surface area contributed by atoms with Crippen molar-refractivity contribution < 1.29 is 0 Å². The highest BCUT2D eigenvalue weighted by molar-refractivity contribution is 5.29. The van der Waals surface area contributed by atoms with Crippen LogP contribution in [0.4, 0.5) is 0 Å². The molecule has 2 atom stereocenters. The second-order valence-electron chi connectivity index (χ2n) is 6.75. The molecule has 21 heavy (non-hydrogen) atoms. The second-order valence-corrected chi connectivity index (χ2v) is 6.75. The van der Waals surface area contributed by atoms with E-state index in [1.807, 2.05) is 0 Å². The SMILES string of the molecule is CN1CCN(C)C(C(NN)c2ccc(C3CCC3)cc2)C1. The molecule has 1 saturated heterocycles. The quantitative estimate of drug-likeness (QED) is 0.654. The maximum absolute atomic E-state index is 5.88. The van der Waals surface area contributed by atoms with E-state index >= 15 is 0 Å². The summed E-state index contributed by atoms with van der Waals surface area (Å²) in [4.78, 5) is 4.81. The second kappa shape index (κ2) is 6.44. The Bertz CT molecular complexity index is 454. The fraction of sp³-hybridized carbons (Fsp3) is 0.647. The van der Waals surface area contributed by atoms with Gasteiger partial charge in [0.05, 0.1) is 6.04 Å². The number of hydrogen-bond donors (Lipinski definition) is 2. The summed E-state index contributed by atoms with van der Waals surface area (Å²) in [5.41, 5.74) is 5.84. The third kappa shape index (κ3) is 3.14. The molecule has 0 radical (unpaired) electrons. The zero-order valence-electron chi connectivity index (χ0n) is 13.3. The molecule has 3 N–H and O–H groups in total. The number of nitrogens with two attached hydrogens (primary N) is 1. The Kier molecular flexibility index (Phi) is 4.60. The first-order valence-electron chi connectivity index (χ1n) is 8.14. The van der Waals surface area contributed by atoms with E-state index in [4.69, 9.17) is 5.84 Å². The fourth-order valence-electron chi connectivity index (χ4n) is 3.55. The summed E-state index contributed by atoms with van der Waals surface area (Å²) in [7, 11) is 4.39. The Morgan fingerprint density at radius 1 is 1.14 bits per heavy atom. The van der Waals surface area contributed by atoms with Gasteiger partial charge in [-0.05, 0) is 44.0 Å². The number of hydrogen-bond acceptors (Lipinski definition) is 4. The molecular formula is C17H28N4. The van der Waals surface area contributed by atoms with E-state index in [9.17, 15) is 0 Å². The zero-order valence-corrected chi connectivity index (χ0v) is 13.3. The van der Waals surface area contributed by atoms with Crippen molar-refractivity contribution in [2.75, 3.05) is 33.7 Å². The molecule has 2 unspecified atom stereocenters. The van der Waals surface area contributed by atoms with E-state index in [-0.39, 0.29) is 6.04 Å². The van der Waals surface area contributed by atoms with Crippen LogP contribution in [-0.4, -0.2) is 49.6 Å². The molecule has 1 aromatic rings. The van der Waals surface area contributed by atoms with E-state index in [2.05, 4.69) is 53.6 Å². The molecule has 2 aliphatic rings. The molecule has 1 aromatic carbocycles. The largest absolute Gasteiger partial charge is 0.303 e.